The lowest BCUT2D eigenvalue weighted by atomic mass is 10.0. The minimum atomic E-state index is -2.84. The van der Waals surface area contributed by atoms with Crippen LogP contribution in [0.2, 0.25) is 5.04 Å². The summed E-state index contributed by atoms with van der Waals surface area (Å²) in [6.07, 6.45) is -2.46. The number of aliphatic hydroxyl groups excluding tert-OH is 1. The molecule has 4 atom stereocenters. The van der Waals surface area contributed by atoms with Gasteiger partial charge >= 0.3 is 5.97 Å². The number of carbonyl (C=O) groups excluding carboxylic acids is 1. The molecule has 0 bridgehead atoms. The molecule has 0 unspecified atom stereocenters. The molecule has 1 aliphatic rings. The quantitative estimate of drug-likeness (QED) is 0.413. The molecule has 0 spiro atoms. The van der Waals surface area contributed by atoms with Crippen molar-refractivity contribution in [3.8, 4) is 0 Å². The lowest BCUT2D eigenvalue weighted by Gasteiger charge is -2.48. The molecule has 0 saturated carbocycles. The Labute approximate surface area is 208 Å². The number of carbonyl (C=O) groups is 1. The highest BCUT2D eigenvalue weighted by molar-refractivity contribution is 6.99. The molecule has 5 nitrogen and oxygen atoms in total. The molecule has 1 heterocycles. The summed E-state index contributed by atoms with van der Waals surface area (Å²) in [7, 11) is -2.84. The van der Waals surface area contributed by atoms with Gasteiger partial charge in [-0.25, -0.2) is 4.79 Å². The predicted molar refractivity (Wildman–Crippen MR) is 139 cm³/mol. The first-order valence-corrected chi connectivity index (χ1v) is 14.0. The van der Waals surface area contributed by atoms with E-state index in [1.165, 1.54) is 0 Å². The molecule has 3 aromatic carbocycles. The van der Waals surface area contributed by atoms with E-state index in [1.807, 2.05) is 49.4 Å². The molecule has 1 saturated heterocycles. The number of rotatable bonds is 6. The van der Waals surface area contributed by atoms with E-state index in [2.05, 4.69) is 45.0 Å². The van der Waals surface area contributed by atoms with Crippen molar-refractivity contribution in [2.24, 2.45) is 0 Å². The van der Waals surface area contributed by atoms with Gasteiger partial charge in [-0.1, -0.05) is 99.6 Å². The van der Waals surface area contributed by atoms with Crippen LogP contribution >= 0.6 is 0 Å². The molecule has 1 fully saturated rings. The van der Waals surface area contributed by atoms with Crippen molar-refractivity contribution >= 4 is 24.7 Å². The maximum absolute atomic E-state index is 12.7. The first kappa shape index (κ1) is 25.3. The SMILES string of the molecule is C[C@@H]1O[C@@H](O)[C@H](OC(=O)c2ccccc2)C[C@H]1O[Si](c1ccccc1)(c1ccccc1)C(C)(C)C. The van der Waals surface area contributed by atoms with Crippen molar-refractivity contribution in [1.29, 1.82) is 0 Å². The topological polar surface area (TPSA) is 65.0 Å². The van der Waals surface area contributed by atoms with Gasteiger partial charge in [0.05, 0.1) is 17.8 Å². The number of hydrogen-bond donors (Lipinski definition) is 1. The summed E-state index contributed by atoms with van der Waals surface area (Å²) in [6, 6.07) is 29.5. The first-order valence-electron chi connectivity index (χ1n) is 12.1. The normalized spacial score (nSPS) is 23.0. The first-order chi connectivity index (χ1) is 16.7. The Morgan fingerprint density at radius 1 is 0.857 bits per heavy atom. The Balaban J connectivity index is 1.68. The molecule has 0 aromatic heterocycles. The molecule has 0 radical (unpaired) electrons. The fraction of sp³-hybridized carbons (Fsp3) is 0.345. The van der Waals surface area contributed by atoms with E-state index in [1.54, 1.807) is 24.3 Å². The highest BCUT2D eigenvalue weighted by atomic mass is 28.4. The van der Waals surface area contributed by atoms with Crippen LogP contribution in [0.15, 0.2) is 91.0 Å². The van der Waals surface area contributed by atoms with Crippen molar-refractivity contribution in [1.82, 2.24) is 0 Å². The Bertz CT molecular complexity index is 1060. The van der Waals surface area contributed by atoms with Gasteiger partial charge in [-0.15, -0.1) is 0 Å². The summed E-state index contributed by atoms with van der Waals surface area (Å²) in [6.45, 7) is 8.56. The summed E-state index contributed by atoms with van der Waals surface area (Å²) in [5, 5.41) is 12.7. The van der Waals surface area contributed by atoms with E-state index in [-0.39, 0.29) is 17.2 Å². The standard InChI is InChI=1S/C29H34O5Si/c1-21-25(20-26(28(31)32-21)33-27(30)22-14-8-5-9-15-22)34-35(29(2,3)4,23-16-10-6-11-17-23)24-18-12-7-13-19-24/h5-19,21,25-26,28,31H,20H2,1-4H3/t21-,25+,26+,28+/m0/s1. The second-order valence-electron chi connectivity index (χ2n) is 10.1. The zero-order valence-corrected chi connectivity index (χ0v) is 21.8. The number of aliphatic hydroxyl groups is 1. The van der Waals surface area contributed by atoms with Gasteiger partial charge in [-0.2, -0.15) is 0 Å². The van der Waals surface area contributed by atoms with Gasteiger partial charge in [0.1, 0.15) is 0 Å². The van der Waals surface area contributed by atoms with E-state index in [0.29, 0.717) is 12.0 Å². The smallest absolute Gasteiger partial charge is 0.338 e. The summed E-state index contributed by atoms with van der Waals surface area (Å²) in [4.78, 5) is 12.7. The molecule has 35 heavy (non-hydrogen) atoms. The Morgan fingerprint density at radius 3 is 1.83 bits per heavy atom. The van der Waals surface area contributed by atoms with Crippen molar-refractivity contribution < 1.29 is 23.8 Å². The van der Waals surface area contributed by atoms with Crippen LogP contribution in [0, 0.1) is 0 Å². The molecule has 0 aliphatic carbocycles. The third-order valence-electron chi connectivity index (χ3n) is 6.67. The van der Waals surface area contributed by atoms with Crippen LogP contribution in [-0.4, -0.2) is 44.0 Å². The third-order valence-corrected chi connectivity index (χ3v) is 11.7. The summed E-state index contributed by atoms with van der Waals surface area (Å²) in [5.41, 5.74) is 0.433. The molecule has 6 heteroatoms. The summed E-state index contributed by atoms with van der Waals surface area (Å²) < 4.78 is 18.8. The van der Waals surface area contributed by atoms with Gasteiger partial charge in [0.2, 0.25) is 0 Å². The molecule has 0 amide bonds. The Morgan fingerprint density at radius 2 is 1.34 bits per heavy atom. The van der Waals surface area contributed by atoms with Crippen LogP contribution in [0.5, 0.6) is 0 Å². The Kier molecular flexibility index (Phi) is 7.57. The fourth-order valence-electron chi connectivity index (χ4n) is 4.88. The van der Waals surface area contributed by atoms with Gasteiger partial charge in [-0.3, -0.25) is 0 Å². The van der Waals surface area contributed by atoms with Crippen molar-refractivity contribution in [3.05, 3.63) is 96.6 Å². The molecule has 4 rings (SSSR count). The van der Waals surface area contributed by atoms with E-state index < -0.39 is 26.7 Å². The Hall–Kier alpha value is -2.77. The van der Waals surface area contributed by atoms with E-state index in [9.17, 15) is 9.90 Å². The number of esters is 1. The average molecular weight is 491 g/mol. The highest BCUT2D eigenvalue weighted by Gasteiger charge is 2.53. The molecule has 3 aromatic rings. The summed E-state index contributed by atoms with van der Waals surface area (Å²) in [5.74, 6) is -0.489. The minimum Gasteiger partial charge on any atom is -0.453 e. The molecular weight excluding hydrogens is 456 g/mol. The van der Waals surface area contributed by atoms with Crippen molar-refractivity contribution in [3.63, 3.8) is 0 Å². The monoisotopic (exact) mass is 490 g/mol. The molecular formula is C29H34O5Si. The van der Waals surface area contributed by atoms with Crippen molar-refractivity contribution in [2.75, 3.05) is 0 Å². The van der Waals surface area contributed by atoms with Crippen molar-refractivity contribution in [2.45, 2.75) is 63.8 Å². The van der Waals surface area contributed by atoms with Crippen LogP contribution in [0.4, 0.5) is 0 Å². The largest absolute Gasteiger partial charge is 0.453 e. The second kappa shape index (κ2) is 10.5. The predicted octanol–water partition coefficient (Wildman–Crippen LogP) is 4.28. The maximum Gasteiger partial charge on any atom is 0.338 e. The second-order valence-corrected chi connectivity index (χ2v) is 14.3. The zero-order chi connectivity index (χ0) is 25.1. The van der Waals surface area contributed by atoms with E-state index in [0.717, 1.165) is 10.4 Å². The lowest BCUT2D eigenvalue weighted by molar-refractivity contribution is -0.237. The summed E-state index contributed by atoms with van der Waals surface area (Å²) >= 11 is 0. The number of ether oxygens (including phenoxy) is 2. The highest BCUT2D eigenvalue weighted by Crippen LogP contribution is 2.39. The zero-order valence-electron chi connectivity index (χ0n) is 20.8. The van der Waals surface area contributed by atoms with E-state index >= 15 is 0 Å². The fourth-order valence-corrected chi connectivity index (χ4v) is 9.64. The van der Waals surface area contributed by atoms with Gasteiger partial charge in [0.15, 0.2) is 12.4 Å². The van der Waals surface area contributed by atoms with Gasteiger partial charge in [-0.05, 0) is 34.5 Å². The molecule has 1 aliphatic heterocycles. The maximum atomic E-state index is 12.7. The van der Waals surface area contributed by atoms with Crippen LogP contribution in [0.1, 0.15) is 44.5 Å². The van der Waals surface area contributed by atoms with Gasteiger partial charge in [0, 0.05) is 6.42 Å². The lowest BCUT2D eigenvalue weighted by Crippen LogP contribution is -2.69. The van der Waals surface area contributed by atoms with Crippen LogP contribution < -0.4 is 10.4 Å². The number of benzene rings is 3. The van der Waals surface area contributed by atoms with Gasteiger partial charge < -0.3 is 19.0 Å². The minimum absolute atomic E-state index is 0.207. The third kappa shape index (κ3) is 5.26. The van der Waals surface area contributed by atoms with E-state index in [4.69, 9.17) is 13.9 Å². The number of hydrogen-bond acceptors (Lipinski definition) is 5. The van der Waals surface area contributed by atoms with Crippen LogP contribution in [0.25, 0.3) is 0 Å². The van der Waals surface area contributed by atoms with Crippen LogP contribution in [-0.2, 0) is 13.9 Å². The van der Waals surface area contributed by atoms with Gasteiger partial charge in [0.25, 0.3) is 8.32 Å². The van der Waals surface area contributed by atoms with Crippen LogP contribution in [0.3, 0.4) is 0 Å². The molecule has 184 valence electrons. The average Bonchev–Trinajstić information content (AvgIpc) is 2.86. The molecule has 1 N–H and O–H groups in total.